The summed E-state index contributed by atoms with van der Waals surface area (Å²) in [5.41, 5.74) is -0.705. The van der Waals surface area contributed by atoms with E-state index in [2.05, 4.69) is 6.58 Å². The highest BCUT2D eigenvalue weighted by molar-refractivity contribution is 6.22. The summed E-state index contributed by atoms with van der Waals surface area (Å²) >= 11 is 5.47. The van der Waals surface area contributed by atoms with Crippen molar-refractivity contribution in [2.75, 3.05) is 0 Å². The largest absolute Gasteiger partial charge is 0.413 e. The van der Waals surface area contributed by atoms with Crippen LogP contribution in [0.4, 0.5) is 13.2 Å². The van der Waals surface area contributed by atoms with Gasteiger partial charge in [0.15, 0.2) is 0 Å². The van der Waals surface area contributed by atoms with E-state index in [0.717, 1.165) is 6.08 Å². The van der Waals surface area contributed by atoms with E-state index < -0.39 is 17.1 Å². The molecule has 4 heteroatoms. The lowest BCUT2D eigenvalue weighted by Crippen LogP contribution is -2.19. The fourth-order valence-electron chi connectivity index (χ4n) is 0.795. The van der Waals surface area contributed by atoms with Crippen molar-refractivity contribution in [3.05, 3.63) is 24.3 Å². The Kier molecular flexibility index (Phi) is 4.39. The Balaban J connectivity index is 4.47. The minimum Gasteiger partial charge on any atom is -0.166 e. The van der Waals surface area contributed by atoms with Crippen molar-refractivity contribution < 1.29 is 13.2 Å². The third-order valence-electron chi connectivity index (χ3n) is 1.35. The number of rotatable bonds is 3. The fourth-order valence-corrected chi connectivity index (χ4v) is 1.17. The Morgan fingerprint density at radius 1 is 1.58 bits per heavy atom. The van der Waals surface area contributed by atoms with Crippen molar-refractivity contribution in [3.63, 3.8) is 0 Å². The normalized spacial score (nSPS) is 15.9. The summed E-state index contributed by atoms with van der Waals surface area (Å²) in [6.45, 7) is 4.64. The second-order valence-electron chi connectivity index (χ2n) is 2.23. The van der Waals surface area contributed by atoms with Crippen molar-refractivity contribution in [1.29, 1.82) is 0 Å². The van der Waals surface area contributed by atoms with Gasteiger partial charge < -0.3 is 0 Å². The lowest BCUT2D eigenvalue weighted by molar-refractivity contribution is -0.0935. The van der Waals surface area contributed by atoms with Gasteiger partial charge >= 0.3 is 6.18 Å². The van der Waals surface area contributed by atoms with Crippen LogP contribution < -0.4 is 0 Å². The summed E-state index contributed by atoms with van der Waals surface area (Å²) in [7, 11) is 0. The molecule has 0 aliphatic heterocycles. The Labute approximate surface area is 74.7 Å². The molecule has 0 amide bonds. The van der Waals surface area contributed by atoms with Crippen molar-refractivity contribution in [3.8, 4) is 0 Å². The zero-order valence-corrected chi connectivity index (χ0v) is 7.41. The monoisotopic (exact) mass is 198 g/mol. The molecule has 0 aromatic rings. The maximum Gasteiger partial charge on any atom is 0.413 e. The predicted octanol–water partition coefficient (Wildman–Crippen LogP) is 3.68. The molecule has 0 spiro atoms. The van der Waals surface area contributed by atoms with Crippen LogP contribution in [0.25, 0.3) is 0 Å². The molecule has 0 N–H and O–H groups in total. The van der Waals surface area contributed by atoms with E-state index in [1.165, 1.54) is 13.0 Å². The maximum absolute atomic E-state index is 12.1. The highest BCUT2D eigenvalue weighted by Gasteiger charge is 2.36. The van der Waals surface area contributed by atoms with Gasteiger partial charge in [-0.1, -0.05) is 12.2 Å². The van der Waals surface area contributed by atoms with Crippen LogP contribution in [0.2, 0.25) is 0 Å². The number of allylic oxidation sites excluding steroid dienone is 3. The van der Waals surface area contributed by atoms with Crippen molar-refractivity contribution in [2.24, 2.45) is 0 Å². The minimum atomic E-state index is -4.33. The van der Waals surface area contributed by atoms with E-state index >= 15 is 0 Å². The molecule has 1 atom stereocenters. The summed E-state index contributed by atoms with van der Waals surface area (Å²) < 4.78 is 36.3. The molecule has 0 saturated carbocycles. The van der Waals surface area contributed by atoms with Gasteiger partial charge in [-0.3, -0.25) is 0 Å². The summed E-state index contributed by atoms with van der Waals surface area (Å²) in [5, 5.41) is -1.02. The molecule has 0 radical (unpaired) electrons. The molecule has 0 aliphatic rings. The van der Waals surface area contributed by atoms with Gasteiger partial charge in [-0.15, -0.1) is 18.2 Å². The van der Waals surface area contributed by atoms with Gasteiger partial charge in [0.1, 0.15) is 0 Å². The molecular weight excluding hydrogens is 189 g/mol. The molecular formula is C8H10ClF3. The van der Waals surface area contributed by atoms with E-state index in [-0.39, 0.29) is 6.42 Å². The van der Waals surface area contributed by atoms with E-state index in [1.54, 1.807) is 0 Å². The van der Waals surface area contributed by atoms with Gasteiger partial charge in [-0.05, 0) is 13.3 Å². The molecule has 0 fully saturated rings. The topological polar surface area (TPSA) is 0 Å². The molecule has 70 valence electrons. The first kappa shape index (κ1) is 11.6. The van der Waals surface area contributed by atoms with Crippen LogP contribution in [-0.2, 0) is 0 Å². The number of halogens is 4. The average Bonchev–Trinajstić information content (AvgIpc) is 1.85. The van der Waals surface area contributed by atoms with Gasteiger partial charge in [-0.25, -0.2) is 0 Å². The lowest BCUT2D eigenvalue weighted by atomic mass is 10.1. The Morgan fingerprint density at radius 2 is 2.08 bits per heavy atom. The standard InChI is InChI=1S/C8H10ClF3/c1-3-5-7(9)6(4-2)8(10,11)12/h3-4,7H,1,5H2,2H3/b6-4+. The molecule has 0 aromatic heterocycles. The van der Waals surface area contributed by atoms with Crippen LogP contribution in [0, 0.1) is 0 Å². The maximum atomic E-state index is 12.1. The molecule has 0 aliphatic carbocycles. The molecule has 0 saturated heterocycles. The van der Waals surface area contributed by atoms with Gasteiger partial charge in [0.2, 0.25) is 0 Å². The average molecular weight is 199 g/mol. The van der Waals surface area contributed by atoms with Crippen molar-refractivity contribution in [2.45, 2.75) is 24.9 Å². The smallest absolute Gasteiger partial charge is 0.166 e. The molecule has 0 rings (SSSR count). The molecule has 0 heterocycles. The van der Waals surface area contributed by atoms with Crippen molar-refractivity contribution in [1.82, 2.24) is 0 Å². The third kappa shape index (κ3) is 3.30. The van der Waals surface area contributed by atoms with Crippen LogP contribution in [0.15, 0.2) is 24.3 Å². The Hall–Kier alpha value is -0.440. The van der Waals surface area contributed by atoms with Gasteiger partial charge in [0.25, 0.3) is 0 Å². The van der Waals surface area contributed by atoms with Crippen LogP contribution >= 0.6 is 11.6 Å². The lowest BCUT2D eigenvalue weighted by Gasteiger charge is -2.14. The third-order valence-corrected chi connectivity index (χ3v) is 1.76. The zero-order valence-electron chi connectivity index (χ0n) is 6.66. The Bertz CT molecular complexity index is 181. The van der Waals surface area contributed by atoms with Crippen LogP contribution in [-0.4, -0.2) is 11.6 Å². The molecule has 0 nitrogen and oxygen atoms in total. The number of alkyl halides is 4. The SMILES string of the molecule is C=CCC(Cl)/C(=C\C)C(F)(F)F. The quantitative estimate of drug-likeness (QED) is 0.479. The van der Waals surface area contributed by atoms with E-state index in [9.17, 15) is 13.2 Å². The Morgan fingerprint density at radius 3 is 2.33 bits per heavy atom. The van der Waals surface area contributed by atoms with E-state index in [4.69, 9.17) is 11.6 Å². The van der Waals surface area contributed by atoms with Gasteiger partial charge in [0.05, 0.1) is 5.38 Å². The van der Waals surface area contributed by atoms with E-state index in [1.807, 2.05) is 0 Å². The first-order valence-corrected chi connectivity index (χ1v) is 3.85. The zero-order chi connectivity index (χ0) is 9.78. The summed E-state index contributed by atoms with van der Waals surface area (Å²) in [6.07, 6.45) is -1.85. The fraction of sp³-hybridized carbons (Fsp3) is 0.500. The van der Waals surface area contributed by atoms with Gasteiger partial charge in [0, 0.05) is 5.57 Å². The second kappa shape index (κ2) is 4.55. The number of hydrogen-bond acceptors (Lipinski definition) is 0. The van der Waals surface area contributed by atoms with Crippen LogP contribution in [0.3, 0.4) is 0 Å². The first-order valence-electron chi connectivity index (χ1n) is 3.41. The summed E-state index contributed by atoms with van der Waals surface area (Å²) in [6, 6.07) is 0. The van der Waals surface area contributed by atoms with Crippen LogP contribution in [0.1, 0.15) is 13.3 Å². The van der Waals surface area contributed by atoms with E-state index in [0.29, 0.717) is 0 Å². The molecule has 0 bridgehead atoms. The molecule has 12 heavy (non-hydrogen) atoms. The summed E-state index contributed by atoms with van der Waals surface area (Å²) in [4.78, 5) is 0. The number of hydrogen-bond donors (Lipinski definition) is 0. The minimum absolute atomic E-state index is 0.126. The van der Waals surface area contributed by atoms with Crippen LogP contribution in [0.5, 0.6) is 0 Å². The van der Waals surface area contributed by atoms with Gasteiger partial charge in [-0.2, -0.15) is 13.2 Å². The summed E-state index contributed by atoms with van der Waals surface area (Å²) in [5.74, 6) is 0. The van der Waals surface area contributed by atoms with Crippen molar-refractivity contribution >= 4 is 11.6 Å². The highest BCUT2D eigenvalue weighted by Crippen LogP contribution is 2.31. The molecule has 1 unspecified atom stereocenters. The second-order valence-corrected chi connectivity index (χ2v) is 2.76. The highest BCUT2D eigenvalue weighted by atomic mass is 35.5. The molecule has 0 aromatic carbocycles. The first-order chi connectivity index (χ1) is 5.43. The predicted molar refractivity (Wildman–Crippen MR) is 44.3 cm³/mol.